The van der Waals surface area contributed by atoms with E-state index in [0.29, 0.717) is 43.4 Å². The van der Waals surface area contributed by atoms with Gasteiger partial charge < -0.3 is 15.1 Å². The van der Waals surface area contributed by atoms with Crippen LogP contribution in [0.1, 0.15) is 17.3 Å². The highest BCUT2D eigenvalue weighted by molar-refractivity contribution is 7.91. The molecule has 0 saturated carbocycles. The van der Waals surface area contributed by atoms with E-state index in [2.05, 4.69) is 15.3 Å². The molecule has 0 aliphatic carbocycles. The Kier molecular flexibility index (Phi) is 7.38. The average Bonchev–Trinajstić information content (AvgIpc) is 2.98. The molecule has 39 heavy (non-hydrogen) atoms. The molecule has 1 N–H and O–H groups in total. The van der Waals surface area contributed by atoms with E-state index < -0.39 is 9.84 Å². The normalized spacial score (nSPS) is 13.7. The molecule has 4 aromatic rings. The summed E-state index contributed by atoms with van der Waals surface area (Å²) in [5.41, 5.74) is 2.66. The van der Waals surface area contributed by atoms with E-state index in [0.717, 1.165) is 11.3 Å². The number of anilines is 2. The van der Waals surface area contributed by atoms with Gasteiger partial charge in [-0.05, 0) is 54.6 Å². The molecule has 0 spiro atoms. The summed E-state index contributed by atoms with van der Waals surface area (Å²) in [6, 6.07) is 23.7. The van der Waals surface area contributed by atoms with Crippen molar-refractivity contribution in [3.05, 3.63) is 96.7 Å². The lowest BCUT2D eigenvalue weighted by Crippen LogP contribution is -2.50. The Labute approximate surface area is 227 Å². The Hall–Kier alpha value is -4.57. The van der Waals surface area contributed by atoms with Crippen LogP contribution in [-0.2, 0) is 14.6 Å². The first-order chi connectivity index (χ1) is 18.8. The summed E-state index contributed by atoms with van der Waals surface area (Å²) in [5, 5.41) is 3.15. The van der Waals surface area contributed by atoms with Gasteiger partial charge in [-0.1, -0.05) is 30.3 Å². The lowest BCUT2D eigenvalue weighted by molar-refractivity contribution is -0.130. The molecule has 0 unspecified atom stereocenters. The van der Waals surface area contributed by atoms with Crippen LogP contribution in [0, 0.1) is 0 Å². The number of nitrogens with one attached hydrogen (secondary N) is 1. The summed E-state index contributed by atoms with van der Waals surface area (Å²) >= 11 is 0. The maximum atomic E-state index is 12.9. The Morgan fingerprint density at radius 3 is 2.03 bits per heavy atom. The first-order valence-electron chi connectivity index (χ1n) is 12.5. The van der Waals surface area contributed by atoms with Crippen LogP contribution < -0.4 is 5.32 Å². The van der Waals surface area contributed by atoms with Gasteiger partial charge in [-0.2, -0.15) is 0 Å². The summed E-state index contributed by atoms with van der Waals surface area (Å²) in [4.78, 5) is 37.2. The molecule has 1 fully saturated rings. The van der Waals surface area contributed by atoms with Crippen molar-refractivity contribution >= 4 is 33.3 Å². The lowest BCUT2D eigenvalue weighted by Gasteiger charge is -2.34. The standard InChI is InChI=1S/C29H27N5O4S/c1-21(35)33-17-19-34(20-18-33)28(36)23-7-11-24(12-8-23)31-29-30-16-15-27(32-29)22-9-13-26(14-10-22)39(37,38)25-5-3-2-4-6-25/h2-16H,17-20H2,1H3,(H,30,31,32). The van der Waals surface area contributed by atoms with Crippen LogP contribution in [0.5, 0.6) is 0 Å². The van der Waals surface area contributed by atoms with Crippen molar-refractivity contribution in [2.45, 2.75) is 16.7 Å². The van der Waals surface area contributed by atoms with Gasteiger partial charge in [-0.15, -0.1) is 0 Å². The highest BCUT2D eigenvalue weighted by atomic mass is 32.2. The summed E-state index contributed by atoms with van der Waals surface area (Å²) in [6.07, 6.45) is 1.62. The lowest BCUT2D eigenvalue weighted by atomic mass is 10.1. The van der Waals surface area contributed by atoms with Crippen LogP contribution in [0.2, 0.25) is 0 Å². The zero-order chi connectivity index (χ0) is 27.4. The molecule has 0 bridgehead atoms. The fourth-order valence-corrected chi connectivity index (χ4v) is 5.63. The molecule has 2 amide bonds. The van der Waals surface area contributed by atoms with Crippen LogP contribution >= 0.6 is 0 Å². The predicted octanol–water partition coefficient (Wildman–Crippen LogP) is 4.02. The average molecular weight is 542 g/mol. The van der Waals surface area contributed by atoms with Crippen LogP contribution in [0.15, 0.2) is 101 Å². The molecule has 3 aromatic carbocycles. The molecule has 9 nitrogen and oxygen atoms in total. The molecule has 1 aliphatic rings. The highest BCUT2D eigenvalue weighted by Crippen LogP contribution is 2.25. The SMILES string of the molecule is CC(=O)N1CCN(C(=O)c2ccc(Nc3nccc(-c4ccc(S(=O)(=O)c5ccccc5)cc4)n3)cc2)CC1. The van der Waals surface area contributed by atoms with Crippen molar-refractivity contribution in [3.8, 4) is 11.3 Å². The molecule has 1 aromatic heterocycles. The minimum Gasteiger partial charge on any atom is -0.339 e. The fourth-order valence-electron chi connectivity index (χ4n) is 4.35. The number of benzene rings is 3. The number of amides is 2. The van der Waals surface area contributed by atoms with E-state index in [1.165, 1.54) is 6.92 Å². The minimum atomic E-state index is -3.60. The first kappa shape index (κ1) is 26.1. The van der Waals surface area contributed by atoms with Crippen molar-refractivity contribution in [3.63, 3.8) is 0 Å². The quantitative estimate of drug-likeness (QED) is 0.392. The van der Waals surface area contributed by atoms with Gasteiger partial charge in [0.25, 0.3) is 5.91 Å². The molecular formula is C29H27N5O4S. The second-order valence-corrected chi connectivity index (χ2v) is 11.1. The number of rotatable bonds is 6. The number of carbonyl (C=O) groups is 2. The summed E-state index contributed by atoms with van der Waals surface area (Å²) in [7, 11) is -3.60. The molecule has 5 rings (SSSR count). The maximum Gasteiger partial charge on any atom is 0.253 e. The number of hydrogen-bond donors (Lipinski definition) is 1. The zero-order valence-electron chi connectivity index (χ0n) is 21.3. The van der Waals surface area contributed by atoms with Gasteiger partial charge in [0.05, 0.1) is 15.5 Å². The molecule has 1 aliphatic heterocycles. The number of nitrogens with zero attached hydrogens (tertiary/aromatic N) is 4. The number of aromatic nitrogens is 2. The molecule has 0 radical (unpaired) electrons. The van der Waals surface area contributed by atoms with Gasteiger partial charge in [0.1, 0.15) is 0 Å². The molecule has 2 heterocycles. The molecular weight excluding hydrogens is 514 g/mol. The number of sulfone groups is 1. The molecule has 10 heteroatoms. The van der Waals surface area contributed by atoms with Crippen molar-refractivity contribution in [1.29, 1.82) is 0 Å². The minimum absolute atomic E-state index is 0.0248. The Balaban J connectivity index is 1.25. The number of carbonyl (C=O) groups excluding carboxylic acids is 2. The second-order valence-electron chi connectivity index (χ2n) is 9.11. The Bertz CT molecular complexity index is 1580. The third-order valence-corrected chi connectivity index (χ3v) is 8.36. The summed E-state index contributed by atoms with van der Waals surface area (Å²) < 4.78 is 25.7. The highest BCUT2D eigenvalue weighted by Gasteiger charge is 2.23. The summed E-state index contributed by atoms with van der Waals surface area (Å²) in [6.45, 7) is 3.65. The van der Waals surface area contributed by atoms with E-state index in [9.17, 15) is 18.0 Å². The van der Waals surface area contributed by atoms with E-state index in [-0.39, 0.29) is 21.6 Å². The third kappa shape index (κ3) is 5.80. The van der Waals surface area contributed by atoms with Gasteiger partial charge in [0.15, 0.2) is 0 Å². The Morgan fingerprint density at radius 2 is 1.38 bits per heavy atom. The monoisotopic (exact) mass is 541 g/mol. The van der Waals surface area contributed by atoms with Crippen molar-refractivity contribution in [2.24, 2.45) is 0 Å². The topological polar surface area (TPSA) is 113 Å². The third-order valence-electron chi connectivity index (χ3n) is 6.57. The smallest absolute Gasteiger partial charge is 0.253 e. The number of hydrogen-bond acceptors (Lipinski definition) is 7. The van der Waals surface area contributed by atoms with Gasteiger partial charge in [-0.25, -0.2) is 18.4 Å². The molecule has 0 atom stereocenters. The van der Waals surface area contributed by atoms with Crippen LogP contribution in [0.4, 0.5) is 11.6 Å². The molecule has 1 saturated heterocycles. The second kappa shape index (κ2) is 11.0. The Morgan fingerprint density at radius 1 is 0.769 bits per heavy atom. The largest absolute Gasteiger partial charge is 0.339 e. The summed E-state index contributed by atoms with van der Waals surface area (Å²) in [5.74, 6) is 0.325. The van der Waals surface area contributed by atoms with Crippen LogP contribution in [0.3, 0.4) is 0 Å². The molecule has 198 valence electrons. The number of piperazine rings is 1. The van der Waals surface area contributed by atoms with E-state index in [4.69, 9.17) is 0 Å². The van der Waals surface area contributed by atoms with Gasteiger partial charge in [0.2, 0.25) is 21.7 Å². The zero-order valence-corrected chi connectivity index (χ0v) is 22.1. The van der Waals surface area contributed by atoms with E-state index in [1.807, 2.05) is 0 Å². The van der Waals surface area contributed by atoms with E-state index >= 15 is 0 Å². The van der Waals surface area contributed by atoms with Gasteiger partial charge in [-0.3, -0.25) is 9.59 Å². The van der Waals surface area contributed by atoms with Crippen molar-refractivity contribution in [1.82, 2.24) is 19.8 Å². The maximum absolute atomic E-state index is 12.9. The predicted molar refractivity (Wildman–Crippen MR) is 147 cm³/mol. The first-order valence-corrected chi connectivity index (χ1v) is 13.9. The van der Waals surface area contributed by atoms with Crippen molar-refractivity contribution in [2.75, 3.05) is 31.5 Å². The van der Waals surface area contributed by atoms with Crippen LogP contribution in [0.25, 0.3) is 11.3 Å². The van der Waals surface area contributed by atoms with E-state index in [1.54, 1.807) is 101 Å². The fraction of sp³-hybridized carbons (Fsp3) is 0.172. The van der Waals surface area contributed by atoms with Crippen molar-refractivity contribution < 1.29 is 18.0 Å². The van der Waals surface area contributed by atoms with Gasteiger partial charge in [0, 0.05) is 56.1 Å². The van der Waals surface area contributed by atoms with Crippen LogP contribution in [-0.4, -0.2) is 66.2 Å². The van der Waals surface area contributed by atoms with Gasteiger partial charge >= 0.3 is 0 Å².